The molecule has 2 aromatic rings. The van der Waals surface area contributed by atoms with Crippen molar-refractivity contribution in [1.29, 1.82) is 0 Å². The summed E-state index contributed by atoms with van der Waals surface area (Å²) < 4.78 is 5.45. The van der Waals surface area contributed by atoms with Crippen molar-refractivity contribution in [3.63, 3.8) is 0 Å². The van der Waals surface area contributed by atoms with Crippen LogP contribution in [0.25, 0.3) is 10.4 Å². The van der Waals surface area contributed by atoms with Crippen molar-refractivity contribution in [1.82, 2.24) is 30.3 Å². The van der Waals surface area contributed by atoms with Crippen molar-refractivity contribution >= 4 is 35.2 Å². The number of amides is 4. The van der Waals surface area contributed by atoms with Crippen molar-refractivity contribution in [2.24, 2.45) is 5.41 Å². The van der Waals surface area contributed by atoms with Gasteiger partial charge < -0.3 is 35.4 Å². The summed E-state index contributed by atoms with van der Waals surface area (Å²) in [6, 6.07) is 5.41. The molecular weight excluding hydrogens is 636 g/mol. The van der Waals surface area contributed by atoms with E-state index >= 15 is 0 Å². The molecule has 4 atom stereocenters. The number of rotatable bonds is 9. The van der Waals surface area contributed by atoms with Gasteiger partial charge in [0.25, 0.3) is 0 Å². The lowest BCUT2D eigenvalue weighted by molar-refractivity contribution is -0.144. The molecule has 0 radical (unpaired) electrons. The summed E-state index contributed by atoms with van der Waals surface area (Å²) in [7, 11) is 0. The number of aromatic nitrogens is 1. The Morgan fingerprint density at radius 2 is 1.67 bits per heavy atom. The topological polar surface area (TPSA) is 165 Å². The van der Waals surface area contributed by atoms with E-state index in [1.165, 1.54) is 16.2 Å². The fourth-order valence-corrected chi connectivity index (χ4v) is 6.69. The molecule has 1 aromatic carbocycles. The number of carbonyl (C=O) groups excluding carboxylic acids is 4. The third-order valence-electron chi connectivity index (χ3n) is 8.50. The van der Waals surface area contributed by atoms with Gasteiger partial charge in [-0.05, 0) is 44.2 Å². The molecule has 48 heavy (non-hydrogen) atoms. The number of piperazine rings is 1. The Hall–Kier alpha value is -3.59. The molecule has 4 rings (SSSR count). The first-order valence-electron chi connectivity index (χ1n) is 16.4. The van der Waals surface area contributed by atoms with Crippen LogP contribution in [0.5, 0.6) is 0 Å². The minimum atomic E-state index is -0.936. The summed E-state index contributed by atoms with van der Waals surface area (Å²) in [4.78, 5) is 63.2. The van der Waals surface area contributed by atoms with Crippen LogP contribution in [0.15, 0.2) is 29.8 Å². The first-order valence-corrected chi connectivity index (χ1v) is 17.3. The fourth-order valence-electron chi connectivity index (χ4n) is 5.88. The predicted octanol–water partition coefficient (Wildman–Crippen LogP) is 2.53. The minimum Gasteiger partial charge on any atom is -0.444 e. The van der Waals surface area contributed by atoms with E-state index in [1.807, 2.05) is 77.6 Å². The molecule has 264 valence electrons. The summed E-state index contributed by atoms with van der Waals surface area (Å²) in [6.07, 6.45) is -1.17. The second-order valence-electron chi connectivity index (χ2n) is 14.6. The van der Waals surface area contributed by atoms with E-state index in [0.29, 0.717) is 31.9 Å². The zero-order chi connectivity index (χ0) is 35.4. The standard InChI is InChI=1S/C34H50N6O7S/c1-21(22-8-10-23(11-9-22)28-25(19-41)35-20-48-28)36-30(44)26-16-24(42)17-40(26)31(45)29(33(2,3)4)37-27(43)18-38-12-14-39(15-13-38)32(46)47-34(5,6)7/h8-11,20-21,24,26,29,41-42H,12-19H2,1-7H3,(H,36,44)(H,37,43)/t21-,24+,26-,29?/m0/s1. The van der Waals surface area contributed by atoms with Crippen LogP contribution in [0.2, 0.25) is 0 Å². The largest absolute Gasteiger partial charge is 0.444 e. The maximum atomic E-state index is 14.0. The summed E-state index contributed by atoms with van der Waals surface area (Å²) in [5.74, 6) is -1.15. The molecule has 4 amide bonds. The van der Waals surface area contributed by atoms with Gasteiger partial charge in [0, 0.05) is 39.1 Å². The Balaban J connectivity index is 1.36. The smallest absolute Gasteiger partial charge is 0.410 e. The molecule has 4 N–H and O–H groups in total. The molecule has 0 aliphatic carbocycles. The molecule has 2 saturated heterocycles. The van der Waals surface area contributed by atoms with Gasteiger partial charge in [0.15, 0.2) is 0 Å². The fraction of sp³-hybridized carbons (Fsp3) is 0.618. The summed E-state index contributed by atoms with van der Waals surface area (Å²) in [6.45, 7) is 14.5. The van der Waals surface area contributed by atoms with Gasteiger partial charge in [0.1, 0.15) is 17.7 Å². The van der Waals surface area contributed by atoms with Crippen LogP contribution in [-0.2, 0) is 25.7 Å². The van der Waals surface area contributed by atoms with Crippen LogP contribution in [0, 0.1) is 5.41 Å². The summed E-state index contributed by atoms with van der Waals surface area (Å²) >= 11 is 1.44. The second-order valence-corrected chi connectivity index (χ2v) is 15.5. The molecule has 2 fully saturated rings. The van der Waals surface area contributed by atoms with Gasteiger partial charge in [-0.15, -0.1) is 11.3 Å². The van der Waals surface area contributed by atoms with E-state index < -0.39 is 35.1 Å². The monoisotopic (exact) mass is 686 g/mol. The van der Waals surface area contributed by atoms with Gasteiger partial charge in [-0.25, -0.2) is 9.78 Å². The predicted molar refractivity (Wildman–Crippen MR) is 182 cm³/mol. The number of carbonyl (C=O) groups is 4. The Kier molecular flexibility index (Phi) is 11.9. The van der Waals surface area contributed by atoms with Gasteiger partial charge >= 0.3 is 6.09 Å². The Morgan fingerprint density at radius 1 is 1.02 bits per heavy atom. The molecule has 2 aliphatic heterocycles. The normalized spacial score (nSPS) is 20.3. The van der Waals surface area contributed by atoms with E-state index in [2.05, 4.69) is 15.6 Å². The number of nitrogens with zero attached hydrogens (tertiary/aromatic N) is 4. The average Bonchev–Trinajstić information content (AvgIpc) is 3.65. The summed E-state index contributed by atoms with van der Waals surface area (Å²) in [5.41, 5.74) is 2.80. The molecule has 0 bridgehead atoms. The highest BCUT2D eigenvalue weighted by Crippen LogP contribution is 2.30. The molecule has 13 nitrogen and oxygen atoms in total. The van der Waals surface area contributed by atoms with Gasteiger partial charge in [0.05, 0.1) is 41.4 Å². The quantitative estimate of drug-likeness (QED) is 0.310. The van der Waals surface area contributed by atoms with Crippen molar-refractivity contribution in [3.05, 3.63) is 41.0 Å². The minimum absolute atomic E-state index is 0.0168. The first kappa shape index (κ1) is 37.2. The number of hydrogen-bond donors (Lipinski definition) is 4. The van der Waals surface area contributed by atoms with Crippen molar-refractivity contribution in [2.75, 3.05) is 39.3 Å². The number of nitrogens with one attached hydrogen (secondary N) is 2. The molecule has 0 saturated carbocycles. The Morgan fingerprint density at radius 3 is 2.25 bits per heavy atom. The number of ether oxygens (including phenoxy) is 1. The number of thiazole rings is 1. The third kappa shape index (κ3) is 9.52. The van der Waals surface area contributed by atoms with E-state index in [1.54, 1.807) is 10.4 Å². The van der Waals surface area contributed by atoms with Crippen LogP contribution >= 0.6 is 11.3 Å². The molecule has 2 aliphatic rings. The lowest BCUT2D eigenvalue weighted by Gasteiger charge is -2.37. The first-order chi connectivity index (χ1) is 22.5. The van der Waals surface area contributed by atoms with Gasteiger partial charge in [-0.2, -0.15) is 0 Å². The Bertz CT molecular complexity index is 1440. The number of likely N-dealkylation sites (tertiary alicyclic amines) is 1. The van der Waals surface area contributed by atoms with Gasteiger partial charge in [0.2, 0.25) is 17.7 Å². The Labute approximate surface area is 286 Å². The summed E-state index contributed by atoms with van der Waals surface area (Å²) in [5, 5.41) is 26.0. The van der Waals surface area contributed by atoms with Crippen LogP contribution in [0.1, 0.15) is 72.2 Å². The van der Waals surface area contributed by atoms with Gasteiger partial charge in [-0.1, -0.05) is 45.0 Å². The van der Waals surface area contributed by atoms with Crippen molar-refractivity contribution in [3.8, 4) is 10.4 Å². The highest BCUT2D eigenvalue weighted by atomic mass is 32.1. The molecule has 3 heterocycles. The van der Waals surface area contributed by atoms with Gasteiger partial charge in [-0.3, -0.25) is 19.3 Å². The number of β-amino-alcohol motifs (C(OH)–C–C–N with tert-alkyl or cyclic N) is 1. The highest BCUT2D eigenvalue weighted by Gasteiger charge is 2.45. The van der Waals surface area contributed by atoms with Crippen LogP contribution < -0.4 is 10.6 Å². The lowest BCUT2D eigenvalue weighted by atomic mass is 9.85. The number of aliphatic hydroxyl groups excluding tert-OH is 2. The number of aliphatic hydroxyl groups is 2. The molecule has 0 spiro atoms. The number of hydrogen-bond acceptors (Lipinski definition) is 10. The average molecular weight is 687 g/mol. The van der Waals surface area contributed by atoms with E-state index in [-0.39, 0.29) is 50.1 Å². The van der Waals surface area contributed by atoms with E-state index in [0.717, 1.165) is 16.0 Å². The van der Waals surface area contributed by atoms with E-state index in [9.17, 15) is 29.4 Å². The zero-order valence-corrected chi connectivity index (χ0v) is 29.8. The maximum Gasteiger partial charge on any atom is 0.410 e. The number of benzene rings is 1. The third-order valence-corrected chi connectivity index (χ3v) is 9.41. The molecule has 1 aromatic heterocycles. The molecule has 1 unspecified atom stereocenters. The second kappa shape index (κ2) is 15.3. The molecule has 14 heteroatoms. The van der Waals surface area contributed by atoms with Crippen molar-refractivity contribution in [2.45, 2.75) is 91.3 Å². The van der Waals surface area contributed by atoms with Crippen LogP contribution in [0.4, 0.5) is 4.79 Å². The SMILES string of the molecule is C[C@H](NC(=O)[C@@H]1C[C@@H](O)CN1C(=O)C(NC(=O)CN1CCN(C(=O)OC(C)(C)C)CC1)C(C)(C)C)c1ccc(-c2scnc2CO)cc1. The van der Waals surface area contributed by atoms with Crippen LogP contribution in [-0.4, -0.2) is 117 Å². The highest BCUT2D eigenvalue weighted by molar-refractivity contribution is 7.13. The zero-order valence-electron chi connectivity index (χ0n) is 29.0. The maximum absolute atomic E-state index is 14.0. The molecular formula is C34H50N6O7S. The van der Waals surface area contributed by atoms with Crippen molar-refractivity contribution < 1.29 is 34.1 Å². The van der Waals surface area contributed by atoms with E-state index in [4.69, 9.17) is 4.74 Å². The van der Waals surface area contributed by atoms with Crippen LogP contribution in [0.3, 0.4) is 0 Å². The lowest BCUT2D eigenvalue weighted by Crippen LogP contribution is -2.59.